The van der Waals surface area contributed by atoms with Gasteiger partial charge in [-0.3, -0.25) is 0 Å². The van der Waals surface area contributed by atoms with Crippen LogP contribution in [-0.2, 0) is 4.74 Å². The Kier molecular flexibility index (Phi) is 6.33. The molecular weight excluding hydrogens is 219 g/mol. The van der Waals surface area contributed by atoms with Gasteiger partial charge in [-0.1, -0.05) is 20.3 Å². The van der Waals surface area contributed by atoms with Gasteiger partial charge in [0.15, 0.2) is 0 Å². The fourth-order valence-electron chi connectivity index (χ4n) is 1.46. The largest absolute Gasteiger partial charge is 0.411 e. The highest BCUT2D eigenvalue weighted by atomic mass is 19.4. The summed E-state index contributed by atoms with van der Waals surface area (Å²) in [4.78, 5) is 0. The average molecular weight is 241 g/mol. The van der Waals surface area contributed by atoms with Crippen molar-refractivity contribution in [3.63, 3.8) is 0 Å². The Morgan fingerprint density at radius 2 is 1.88 bits per heavy atom. The summed E-state index contributed by atoms with van der Waals surface area (Å²) in [6.07, 6.45) is -2.02. The number of halogens is 3. The molecule has 0 spiro atoms. The molecule has 0 heterocycles. The zero-order valence-electron chi connectivity index (χ0n) is 10.2. The third-order valence-corrected chi connectivity index (χ3v) is 3.01. The molecule has 2 nitrogen and oxygen atoms in total. The molecule has 0 fully saturated rings. The van der Waals surface area contributed by atoms with Crippen LogP contribution in [0.5, 0.6) is 0 Å². The fourth-order valence-corrected chi connectivity index (χ4v) is 1.46. The minimum absolute atomic E-state index is 0.114. The highest BCUT2D eigenvalue weighted by Crippen LogP contribution is 2.22. The van der Waals surface area contributed by atoms with E-state index in [1.807, 2.05) is 6.92 Å². The van der Waals surface area contributed by atoms with Crippen molar-refractivity contribution < 1.29 is 17.9 Å². The first-order valence-corrected chi connectivity index (χ1v) is 5.62. The third kappa shape index (κ3) is 7.06. The zero-order valence-corrected chi connectivity index (χ0v) is 10.2. The van der Waals surface area contributed by atoms with Gasteiger partial charge in [0.2, 0.25) is 0 Å². The SMILES string of the molecule is CCC(C)C(C)(N)CCCOCC(F)(F)F. The predicted octanol–water partition coefficient (Wildman–Crippen LogP) is 3.11. The quantitative estimate of drug-likeness (QED) is 0.695. The van der Waals surface area contributed by atoms with Crippen molar-refractivity contribution in [2.45, 2.75) is 51.7 Å². The maximum atomic E-state index is 11.7. The normalized spacial score (nSPS) is 18.2. The summed E-state index contributed by atoms with van der Waals surface area (Å²) < 4.78 is 39.8. The van der Waals surface area contributed by atoms with Crippen molar-refractivity contribution in [1.29, 1.82) is 0 Å². The highest BCUT2D eigenvalue weighted by Gasteiger charge is 2.28. The van der Waals surface area contributed by atoms with Crippen LogP contribution >= 0.6 is 0 Å². The van der Waals surface area contributed by atoms with Crippen molar-refractivity contribution in [1.82, 2.24) is 0 Å². The van der Waals surface area contributed by atoms with Gasteiger partial charge in [0, 0.05) is 12.1 Å². The summed E-state index contributed by atoms with van der Waals surface area (Å²) in [5.41, 5.74) is 5.74. The molecule has 0 aliphatic carbocycles. The van der Waals surface area contributed by atoms with Gasteiger partial charge in [-0.2, -0.15) is 13.2 Å². The van der Waals surface area contributed by atoms with Gasteiger partial charge >= 0.3 is 6.18 Å². The molecule has 0 bridgehead atoms. The third-order valence-electron chi connectivity index (χ3n) is 3.01. The second-order valence-corrected chi connectivity index (χ2v) is 4.59. The van der Waals surface area contributed by atoms with Crippen LogP contribution in [0.2, 0.25) is 0 Å². The topological polar surface area (TPSA) is 35.2 Å². The smallest absolute Gasteiger partial charge is 0.372 e. The molecule has 0 radical (unpaired) electrons. The van der Waals surface area contributed by atoms with Crippen molar-refractivity contribution >= 4 is 0 Å². The number of alkyl halides is 3. The van der Waals surface area contributed by atoms with E-state index in [9.17, 15) is 13.2 Å². The van der Waals surface area contributed by atoms with E-state index in [0.717, 1.165) is 6.42 Å². The molecule has 0 amide bonds. The Hall–Kier alpha value is -0.290. The van der Waals surface area contributed by atoms with Gasteiger partial charge in [-0.05, 0) is 25.7 Å². The number of rotatable bonds is 7. The van der Waals surface area contributed by atoms with E-state index in [2.05, 4.69) is 18.6 Å². The Labute approximate surface area is 95.3 Å². The van der Waals surface area contributed by atoms with Crippen molar-refractivity contribution in [3.8, 4) is 0 Å². The molecular formula is C11H22F3NO. The second-order valence-electron chi connectivity index (χ2n) is 4.59. The summed E-state index contributed by atoms with van der Waals surface area (Å²) in [6.45, 7) is 4.98. The maximum Gasteiger partial charge on any atom is 0.411 e. The van der Waals surface area contributed by atoms with E-state index < -0.39 is 12.8 Å². The van der Waals surface area contributed by atoms with Crippen LogP contribution in [0.4, 0.5) is 13.2 Å². The molecule has 2 N–H and O–H groups in total. The van der Waals surface area contributed by atoms with Gasteiger partial charge in [-0.15, -0.1) is 0 Å². The van der Waals surface area contributed by atoms with Gasteiger partial charge in [0.25, 0.3) is 0 Å². The summed E-state index contributed by atoms with van der Waals surface area (Å²) in [6, 6.07) is 0. The summed E-state index contributed by atoms with van der Waals surface area (Å²) in [5, 5.41) is 0. The molecule has 0 rings (SSSR count). The lowest BCUT2D eigenvalue weighted by Crippen LogP contribution is -2.42. The molecule has 2 atom stereocenters. The summed E-state index contributed by atoms with van der Waals surface area (Å²) in [7, 11) is 0. The number of hydrogen-bond donors (Lipinski definition) is 1. The zero-order chi connectivity index (χ0) is 12.8. The van der Waals surface area contributed by atoms with Crippen molar-refractivity contribution in [3.05, 3.63) is 0 Å². The van der Waals surface area contributed by atoms with E-state index in [1.54, 1.807) is 0 Å². The predicted molar refractivity (Wildman–Crippen MR) is 58.2 cm³/mol. The van der Waals surface area contributed by atoms with Crippen LogP contribution in [0.3, 0.4) is 0 Å². The van der Waals surface area contributed by atoms with Crippen LogP contribution < -0.4 is 5.73 Å². The fraction of sp³-hybridized carbons (Fsp3) is 1.00. The minimum Gasteiger partial charge on any atom is -0.372 e. The molecule has 0 aliphatic rings. The number of hydrogen-bond acceptors (Lipinski definition) is 2. The second kappa shape index (κ2) is 6.45. The van der Waals surface area contributed by atoms with E-state index >= 15 is 0 Å². The molecule has 0 aromatic heterocycles. The molecule has 0 aliphatic heterocycles. The molecule has 0 saturated carbocycles. The monoisotopic (exact) mass is 241 g/mol. The minimum atomic E-state index is -4.23. The van der Waals surface area contributed by atoms with Gasteiger partial charge < -0.3 is 10.5 Å². The Morgan fingerprint density at radius 1 is 1.31 bits per heavy atom. The lowest BCUT2D eigenvalue weighted by Gasteiger charge is -2.31. The molecule has 5 heteroatoms. The van der Waals surface area contributed by atoms with Crippen LogP contribution in [0.1, 0.15) is 40.0 Å². The van der Waals surface area contributed by atoms with Crippen LogP contribution in [-0.4, -0.2) is 24.9 Å². The van der Waals surface area contributed by atoms with Crippen LogP contribution in [0, 0.1) is 5.92 Å². The first kappa shape index (κ1) is 15.7. The van der Waals surface area contributed by atoms with E-state index in [1.165, 1.54) is 0 Å². The number of ether oxygens (including phenoxy) is 1. The van der Waals surface area contributed by atoms with Crippen LogP contribution in [0.25, 0.3) is 0 Å². The summed E-state index contributed by atoms with van der Waals surface area (Å²) in [5.74, 6) is 0.357. The molecule has 16 heavy (non-hydrogen) atoms. The maximum absolute atomic E-state index is 11.7. The first-order valence-electron chi connectivity index (χ1n) is 5.62. The highest BCUT2D eigenvalue weighted by molar-refractivity contribution is 4.83. The van der Waals surface area contributed by atoms with Crippen LogP contribution in [0.15, 0.2) is 0 Å². The average Bonchev–Trinajstić information content (AvgIpc) is 2.14. The summed E-state index contributed by atoms with van der Waals surface area (Å²) >= 11 is 0. The Morgan fingerprint density at radius 3 is 2.31 bits per heavy atom. The first-order chi connectivity index (χ1) is 7.19. The molecule has 0 saturated heterocycles. The lowest BCUT2D eigenvalue weighted by molar-refractivity contribution is -0.174. The molecule has 2 unspecified atom stereocenters. The Bertz CT molecular complexity index is 192. The van der Waals surface area contributed by atoms with E-state index in [0.29, 0.717) is 18.8 Å². The van der Waals surface area contributed by atoms with Gasteiger partial charge in [-0.25, -0.2) is 0 Å². The Balaban J connectivity index is 3.66. The van der Waals surface area contributed by atoms with Crippen molar-refractivity contribution in [2.24, 2.45) is 11.7 Å². The number of nitrogens with two attached hydrogens (primary N) is 1. The van der Waals surface area contributed by atoms with Crippen molar-refractivity contribution in [2.75, 3.05) is 13.2 Å². The lowest BCUT2D eigenvalue weighted by atomic mass is 9.82. The molecule has 0 aromatic rings. The standard InChI is InChI=1S/C11H22F3NO/c1-4-9(2)10(3,15)6-5-7-16-8-11(12,13)14/h9H,4-8,15H2,1-3H3. The molecule has 0 aromatic carbocycles. The molecule has 98 valence electrons. The van der Waals surface area contributed by atoms with Gasteiger partial charge in [0.05, 0.1) is 0 Å². The van der Waals surface area contributed by atoms with E-state index in [-0.39, 0.29) is 12.1 Å². The van der Waals surface area contributed by atoms with E-state index in [4.69, 9.17) is 5.73 Å². The van der Waals surface area contributed by atoms with Gasteiger partial charge in [0.1, 0.15) is 6.61 Å².